The maximum atomic E-state index is 2.60. The standard InChI is InChI=1S/C23H25N/c1-2-3-11-20-17-24(16-18-9-5-4-6-10-18)23-21-13-8-7-12-19(21)14-15-22(20)23/h4-10,12-15,20H,2-3,11,16-17H2,1H3. The molecule has 0 fully saturated rings. The van der Waals surface area contributed by atoms with Gasteiger partial charge in [0.1, 0.15) is 0 Å². The van der Waals surface area contributed by atoms with Crippen LogP contribution in [-0.2, 0) is 6.54 Å². The quantitative estimate of drug-likeness (QED) is 0.547. The topological polar surface area (TPSA) is 3.24 Å². The summed E-state index contributed by atoms with van der Waals surface area (Å²) < 4.78 is 0. The Bertz CT molecular complexity index is 822. The Morgan fingerprint density at radius 2 is 1.71 bits per heavy atom. The number of hydrogen-bond donors (Lipinski definition) is 0. The van der Waals surface area contributed by atoms with Crippen LogP contribution >= 0.6 is 0 Å². The highest BCUT2D eigenvalue weighted by atomic mass is 15.2. The summed E-state index contributed by atoms with van der Waals surface area (Å²) in [5.74, 6) is 0.674. The minimum absolute atomic E-state index is 0.674. The first-order valence-corrected chi connectivity index (χ1v) is 9.17. The number of rotatable bonds is 5. The van der Waals surface area contributed by atoms with E-state index in [1.54, 1.807) is 5.56 Å². The van der Waals surface area contributed by atoms with Crippen LogP contribution in [0.25, 0.3) is 10.8 Å². The number of unbranched alkanes of at least 4 members (excludes halogenated alkanes) is 1. The number of nitrogens with zero attached hydrogens (tertiary/aromatic N) is 1. The maximum absolute atomic E-state index is 2.60. The summed E-state index contributed by atoms with van der Waals surface area (Å²) in [7, 11) is 0. The predicted molar refractivity (Wildman–Crippen MR) is 104 cm³/mol. The second-order valence-corrected chi connectivity index (χ2v) is 6.93. The van der Waals surface area contributed by atoms with Crippen molar-refractivity contribution in [2.24, 2.45) is 0 Å². The highest BCUT2D eigenvalue weighted by molar-refractivity contribution is 5.97. The minimum atomic E-state index is 0.674. The first kappa shape index (κ1) is 15.3. The fraction of sp³-hybridized carbons (Fsp3) is 0.304. The van der Waals surface area contributed by atoms with Gasteiger partial charge in [0, 0.05) is 30.1 Å². The molecular formula is C23H25N. The van der Waals surface area contributed by atoms with Gasteiger partial charge < -0.3 is 4.90 Å². The molecule has 3 aromatic rings. The smallest absolute Gasteiger partial charge is 0.0485 e. The molecule has 0 bridgehead atoms. The Labute approximate surface area is 144 Å². The van der Waals surface area contributed by atoms with Crippen LogP contribution in [0.4, 0.5) is 5.69 Å². The lowest BCUT2D eigenvalue weighted by atomic mass is 9.93. The van der Waals surface area contributed by atoms with Crippen molar-refractivity contribution in [2.45, 2.75) is 38.6 Å². The predicted octanol–water partition coefficient (Wildman–Crippen LogP) is 6.13. The van der Waals surface area contributed by atoms with E-state index in [1.807, 2.05) is 0 Å². The lowest BCUT2D eigenvalue weighted by molar-refractivity contribution is 0.596. The summed E-state index contributed by atoms with van der Waals surface area (Å²) in [5.41, 5.74) is 4.42. The van der Waals surface area contributed by atoms with E-state index in [0.29, 0.717) is 5.92 Å². The van der Waals surface area contributed by atoms with Gasteiger partial charge in [-0.25, -0.2) is 0 Å². The molecule has 0 radical (unpaired) electrons. The van der Waals surface area contributed by atoms with Crippen LogP contribution in [0.1, 0.15) is 43.2 Å². The fourth-order valence-electron chi connectivity index (χ4n) is 4.05. The zero-order valence-corrected chi connectivity index (χ0v) is 14.4. The fourth-order valence-corrected chi connectivity index (χ4v) is 4.05. The highest BCUT2D eigenvalue weighted by Crippen LogP contribution is 2.44. The van der Waals surface area contributed by atoms with Crippen molar-refractivity contribution in [3.63, 3.8) is 0 Å². The molecule has 1 heterocycles. The second kappa shape index (κ2) is 6.68. The summed E-state index contributed by atoms with van der Waals surface area (Å²) in [6.45, 7) is 4.45. The van der Waals surface area contributed by atoms with Crippen molar-refractivity contribution < 1.29 is 0 Å². The van der Waals surface area contributed by atoms with Crippen molar-refractivity contribution in [3.05, 3.63) is 77.9 Å². The number of fused-ring (bicyclic) bond motifs is 3. The molecule has 0 N–H and O–H groups in total. The third kappa shape index (κ3) is 2.80. The van der Waals surface area contributed by atoms with Crippen LogP contribution < -0.4 is 4.90 Å². The third-order valence-electron chi connectivity index (χ3n) is 5.25. The molecule has 0 amide bonds. The number of anilines is 1. The molecule has 1 aliphatic rings. The second-order valence-electron chi connectivity index (χ2n) is 6.93. The van der Waals surface area contributed by atoms with Crippen LogP contribution in [0, 0.1) is 0 Å². The molecule has 1 unspecified atom stereocenters. The minimum Gasteiger partial charge on any atom is -0.366 e. The van der Waals surface area contributed by atoms with E-state index in [1.165, 1.54) is 41.3 Å². The van der Waals surface area contributed by atoms with E-state index < -0.39 is 0 Å². The van der Waals surface area contributed by atoms with Crippen molar-refractivity contribution in [1.82, 2.24) is 0 Å². The van der Waals surface area contributed by atoms with Gasteiger partial charge in [0.2, 0.25) is 0 Å². The van der Waals surface area contributed by atoms with Crippen LogP contribution in [-0.4, -0.2) is 6.54 Å². The molecule has 1 aliphatic heterocycles. The van der Waals surface area contributed by atoms with E-state index in [9.17, 15) is 0 Å². The van der Waals surface area contributed by atoms with Gasteiger partial charge in [0.25, 0.3) is 0 Å². The van der Waals surface area contributed by atoms with Crippen molar-refractivity contribution in [3.8, 4) is 0 Å². The molecule has 1 heteroatoms. The average molecular weight is 315 g/mol. The molecule has 0 saturated carbocycles. The van der Waals surface area contributed by atoms with Gasteiger partial charge in [0.05, 0.1) is 0 Å². The Kier molecular flexibility index (Phi) is 4.25. The van der Waals surface area contributed by atoms with Crippen LogP contribution in [0.3, 0.4) is 0 Å². The van der Waals surface area contributed by atoms with Gasteiger partial charge in [0.15, 0.2) is 0 Å². The summed E-state index contributed by atoms with van der Waals surface area (Å²) >= 11 is 0. The molecule has 1 nitrogen and oxygen atoms in total. The van der Waals surface area contributed by atoms with Crippen LogP contribution in [0.2, 0.25) is 0 Å². The molecule has 0 aliphatic carbocycles. The van der Waals surface area contributed by atoms with Gasteiger partial charge >= 0.3 is 0 Å². The summed E-state index contributed by atoms with van der Waals surface area (Å²) in [5, 5.41) is 2.76. The number of benzene rings is 3. The van der Waals surface area contributed by atoms with Gasteiger partial charge in [-0.3, -0.25) is 0 Å². The Morgan fingerprint density at radius 1 is 0.917 bits per heavy atom. The van der Waals surface area contributed by atoms with E-state index >= 15 is 0 Å². The third-order valence-corrected chi connectivity index (χ3v) is 5.25. The normalized spacial score (nSPS) is 16.5. The lowest BCUT2D eigenvalue weighted by Gasteiger charge is -2.21. The summed E-state index contributed by atoms with van der Waals surface area (Å²) in [6, 6.07) is 24.4. The molecule has 1 atom stereocenters. The molecule has 122 valence electrons. The Morgan fingerprint density at radius 3 is 2.54 bits per heavy atom. The van der Waals surface area contributed by atoms with Crippen molar-refractivity contribution >= 4 is 16.5 Å². The van der Waals surface area contributed by atoms with E-state index in [-0.39, 0.29) is 0 Å². The molecule has 0 aromatic heterocycles. The summed E-state index contributed by atoms with van der Waals surface area (Å²) in [4.78, 5) is 2.60. The summed E-state index contributed by atoms with van der Waals surface area (Å²) in [6.07, 6.45) is 3.89. The maximum Gasteiger partial charge on any atom is 0.0485 e. The monoisotopic (exact) mass is 315 g/mol. The van der Waals surface area contributed by atoms with Gasteiger partial charge in [-0.2, -0.15) is 0 Å². The largest absolute Gasteiger partial charge is 0.366 e. The molecular weight excluding hydrogens is 290 g/mol. The molecule has 4 rings (SSSR count). The molecule has 0 saturated heterocycles. The van der Waals surface area contributed by atoms with E-state index in [4.69, 9.17) is 0 Å². The molecule has 24 heavy (non-hydrogen) atoms. The molecule has 3 aromatic carbocycles. The SMILES string of the molecule is CCCCC1CN(Cc2ccccc2)c2c1ccc1ccccc21. The lowest BCUT2D eigenvalue weighted by Crippen LogP contribution is -2.21. The number of hydrogen-bond acceptors (Lipinski definition) is 1. The average Bonchev–Trinajstić information content (AvgIpc) is 2.99. The Balaban J connectivity index is 1.76. The zero-order valence-electron chi connectivity index (χ0n) is 14.4. The first-order valence-electron chi connectivity index (χ1n) is 9.17. The van der Waals surface area contributed by atoms with E-state index in [2.05, 4.69) is 78.6 Å². The van der Waals surface area contributed by atoms with Gasteiger partial charge in [-0.15, -0.1) is 0 Å². The van der Waals surface area contributed by atoms with Crippen LogP contribution in [0.15, 0.2) is 66.7 Å². The van der Waals surface area contributed by atoms with Gasteiger partial charge in [-0.1, -0.05) is 86.5 Å². The molecule has 0 spiro atoms. The van der Waals surface area contributed by atoms with Gasteiger partial charge in [-0.05, 0) is 22.9 Å². The van der Waals surface area contributed by atoms with Crippen molar-refractivity contribution in [2.75, 3.05) is 11.4 Å². The van der Waals surface area contributed by atoms with Crippen molar-refractivity contribution in [1.29, 1.82) is 0 Å². The first-order chi connectivity index (χ1) is 11.9. The van der Waals surface area contributed by atoms with E-state index in [0.717, 1.165) is 13.1 Å². The Hall–Kier alpha value is -2.28. The zero-order chi connectivity index (χ0) is 16.4. The highest BCUT2D eigenvalue weighted by Gasteiger charge is 2.29. The van der Waals surface area contributed by atoms with Crippen LogP contribution in [0.5, 0.6) is 0 Å².